The molecule has 1 saturated heterocycles. The minimum atomic E-state index is 0. The summed E-state index contributed by atoms with van der Waals surface area (Å²) in [5, 5.41) is 3.36. The van der Waals surface area contributed by atoms with Gasteiger partial charge in [-0.05, 0) is 18.3 Å². The lowest BCUT2D eigenvalue weighted by atomic mass is 9.89. The van der Waals surface area contributed by atoms with Crippen LogP contribution in [0.5, 0.6) is 0 Å². The van der Waals surface area contributed by atoms with E-state index in [0.717, 1.165) is 19.0 Å². The van der Waals surface area contributed by atoms with Crippen molar-refractivity contribution in [3.05, 3.63) is 0 Å². The van der Waals surface area contributed by atoms with E-state index in [2.05, 4.69) is 31.1 Å². The highest BCUT2D eigenvalue weighted by Crippen LogP contribution is 2.28. The van der Waals surface area contributed by atoms with Gasteiger partial charge < -0.3 is 19.9 Å². The molecule has 1 aliphatic heterocycles. The number of carbonyl (C=O) groups is 1. The number of nitrogens with zero attached hydrogens (tertiary/aromatic N) is 3. The van der Waals surface area contributed by atoms with Crippen LogP contribution in [0.4, 0.5) is 0 Å². The standard InChI is InChI=1S/C16H30N4O2.HI/c1-16(2,3)13(22-5)10-18-15(17-4)19-8-9-20(12-6-7-12)14(21)11-19;/h12-13H,6-11H2,1-5H3,(H,17,18);1H. The Hall–Kier alpha value is -0.570. The van der Waals surface area contributed by atoms with Gasteiger partial charge in [0, 0.05) is 39.8 Å². The van der Waals surface area contributed by atoms with Gasteiger partial charge >= 0.3 is 0 Å². The van der Waals surface area contributed by atoms with Crippen LogP contribution in [0.25, 0.3) is 0 Å². The van der Waals surface area contributed by atoms with Crippen molar-refractivity contribution in [1.82, 2.24) is 15.1 Å². The molecule has 1 heterocycles. The van der Waals surface area contributed by atoms with Gasteiger partial charge in [0.05, 0.1) is 12.6 Å². The van der Waals surface area contributed by atoms with E-state index in [4.69, 9.17) is 4.74 Å². The fraction of sp³-hybridized carbons (Fsp3) is 0.875. The largest absolute Gasteiger partial charge is 0.379 e. The fourth-order valence-electron chi connectivity index (χ4n) is 2.90. The summed E-state index contributed by atoms with van der Waals surface area (Å²) in [6.07, 6.45) is 2.42. The summed E-state index contributed by atoms with van der Waals surface area (Å²) in [5.41, 5.74) is 0.0566. The second-order valence-electron chi connectivity index (χ2n) is 7.26. The van der Waals surface area contributed by atoms with Gasteiger partial charge in [-0.15, -0.1) is 24.0 Å². The van der Waals surface area contributed by atoms with Crippen LogP contribution < -0.4 is 5.32 Å². The van der Waals surface area contributed by atoms with E-state index in [-0.39, 0.29) is 41.4 Å². The van der Waals surface area contributed by atoms with Gasteiger partial charge in [-0.25, -0.2) is 0 Å². The van der Waals surface area contributed by atoms with Crippen LogP contribution in [0, 0.1) is 5.41 Å². The van der Waals surface area contributed by atoms with Crippen LogP contribution in [0.3, 0.4) is 0 Å². The molecule has 1 atom stereocenters. The third-order valence-corrected chi connectivity index (χ3v) is 4.45. The number of hydrogen-bond acceptors (Lipinski definition) is 3. The minimum absolute atomic E-state index is 0. The van der Waals surface area contributed by atoms with Gasteiger partial charge in [-0.3, -0.25) is 9.79 Å². The quantitative estimate of drug-likeness (QED) is 0.411. The van der Waals surface area contributed by atoms with Crippen LogP contribution in [0.2, 0.25) is 0 Å². The topological polar surface area (TPSA) is 57.2 Å². The fourth-order valence-corrected chi connectivity index (χ4v) is 2.90. The van der Waals surface area contributed by atoms with Crippen molar-refractivity contribution < 1.29 is 9.53 Å². The third-order valence-electron chi connectivity index (χ3n) is 4.45. The van der Waals surface area contributed by atoms with E-state index < -0.39 is 0 Å². The molecular formula is C16H31IN4O2. The average Bonchev–Trinajstić information content (AvgIpc) is 3.26. The summed E-state index contributed by atoms with van der Waals surface area (Å²) in [4.78, 5) is 20.6. The number of halogens is 1. The van der Waals surface area contributed by atoms with E-state index in [1.165, 1.54) is 12.8 Å². The summed E-state index contributed by atoms with van der Waals surface area (Å²) in [5.74, 6) is 1.01. The van der Waals surface area contributed by atoms with Crippen LogP contribution in [0.15, 0.2) is 4.99 Å². The average molecular weight is 438 g/mol. The maximum Gasteiger partial charge on any atom is 0.242 e. The molecule has 0 aromatic rings. The highest BCUT2D eigenvalue weighted by Gasteiger charge is 2.36. The second kappa shape index (κ2) is 8.50. The number of carbonyl (C=O) groups excluding carboxylic acids is 1. The third kappa shape index (κ3) is 5.48. The molecule has 1 aliphatic carbocycles. The molecule has 1 amide bonds. The Bertz CT molecular complexity index is 432. The zero-order valence-electron chi connectivity index (χ0n) is 15.0. The Morgan fingerprint density at radius 2 is 2.04 bits per heavy atom. The number of methoxy groups -OCH3 is 1. The van der Waals surface area contributed by atoms with E-state index in [1.807, 2.05) is 9.80 Å². The van der Waals surface area contributed by atoms with Crippen molar-refractivity contribution >= 4 is 35.8 Å². The van der Waals surface area contributed by atoms with Crippen molar-refractivity contribution in [3.63, 3.8) is 0 Å². The van der Waals surface area contributed by atoms with Gasteiger partial charge in [0.2, 0.25) is 5.91 Å². The molecule has 23 heavy (non-hydrogen) atoms. The lowest BCUT2D eigenvalue weighted by Gasteiger charge is -2.37. The van der Waals surface area contributed by atoms with Crippen LogP contribution in [0.1, 0.15) is 33.6 Å². The number of hydrogen-bond donors (Lipinski definition) is 1. The first-order valence-electron chi connectivity index (χ1n) is 8.14. The van der Waals surface area contributed by atoms with E-state index >= 15 is 0 Å². The molecule has 134 valence electrons. The number of nitrogens with one attached hydrogen (secondary N) is 1. The number of piperazine rings is 1. The Balaban J connectivity index is 0.00000264. The molecule has 1 N–H and O–H groups in total. The molecular weight excluding hydrogens is 407 g/mol. The second-order valence-corrected chi connectivity index (χ2v) is 7.26. The Morgan fingerprint density at radius 3 is 2.48 bits per heavy atom. The number of aliphatic imine (C=N–C) groups is 1. The molecule has 1 saturated carbocycles. The molecule has 0 bridgehead atoms. The van der Waals surface area contributed by atoms with Crippen molar-refractivity contribution in [3.8, 4) is 0 Å². The minimum Gasteiger partial charge on any atom is -0.379 e. The SMILES string of the molecule is CN=C(NCC(OC)C(C)(C)C)N1CCN(C2CC2)C(=O)C1.I. The Labute approximate surface area is 157 Å². The monoisotopic (exact) mass is 438 g/mol. The Morgan fingerprint density at radius 1 is 1.39 bits per heavy atom. The van der Waals surface area contributed by atoms with Gasteiger partial charge in [0.15, 0.2) is 5.96 Å². The van der Waals surface area contributed by atoms with E-state index in [1.54, 1.807) is 14.2 Å². The molecule has 0 radical (unpaired) electrons. The summed E-state index contributed by atoms with van der Waals surface area (Å²) in [6, 6.07) is 0.503. The van der Waals surface area contributed by atoms with E-state index in [0.29, 0.717) is 19.1 Å². The van der Waals surface area contributed by atoms with Crippen LogP contribution in [-0.4, -0.2) is 74.1 Å². The molecule has 0 aromatic carbocycles. The van der Waals surface area contributed by atoms with Gasteiger partial charge in [0.1, 0.15) is 0 Å². The molecule has 6 nitrogen and oxygen atoms in total. The molecule has 2 aliphatic rings. The molecule has 2 fully saturated rings. The predicted molar refractivity (Wildman–Crippen MR) is 103 cm³/mol. The predicted octanol–water partition coefficient (Wildman–Crippen LogP) is 1.55. The molecule has 2 rings (SSSR count). The lowest BCUT2D eigenvalue weighted by molar-refractivity contribution is -0.135. The smallest absolute Gasteiger partial charge is 0.242 e. The first-order chi connectivity index (χ1) is 10.4. The normalized spacial score (nSPS) is 21.1. The summed E-state index contributed by atoms with van der Waals surface area (Å²) < 4.78 is 5.56. The van der Waals surface area contributed by atoms with E-state index in [9.17, 15) is 4.79 Å². The summed E-state index contributed by atoms with van der Waals surface area (Å²) >= 11 is 0. The number of rotatable bonds is 4. The molecule has 0 aromatic heterocycles. The van der Waals surface area contributed by atoms with Gasteiger partial charge in [-0.1, -0.05) is 20.8 Å². The van der Waals surface area contributed by atoms with Crippen molar-refractivity contribution in [1.29, 1.82) is 0 Å². The summed E-state index contributed by atoms with van der Waals surface area (Å²) in [6.45, 7) is 9.22. The van der Waals surface area contributed by atoms with Crippen molar-refractivity contribution in [2.45, 2.75) is 45.8 Å². The van der Waals surface area contributed by atoms with Crippen molar-refractivity contribution in [2.24, 2.45) is 10.4 Å². The van der Waals surface area contributed by atoms with Gasteiger partial charge in [-0.2, -0.15) is 0 Å². The molecule has 1 unspecified atom stereocenters. The summed E-state index contributed by atoms with van der Waals surface area (Å²) in [7, 11) is 3.50. The highest BCUT2D eigenvalue weighted by atomic mass is 127. The molecule has 0 spiro atoms. The maximum atomic E-state index is 12.2. The first kappa shape index (κ1) is 20.5. The first-order valence-corrected chi connectivity index (χ1v) is 8.14. The van der Waals surface area contributed by atoms with Crippen molar-refractivity contribution in [2.75, 3.05) is 40.3 Å². The van der Waals surface area contributed by atoms with Crippen LogP contribution in [-0.2, 0) is 9.53 Å². The highest BCUT2D eigenvalue weighted by molar-refractivity contribution is 14.0. The van der Waals surface area contributed by atoms with Crippen LogP contribution >= 0.6 is 24.0 Å². The number of guanidine groups is 1. The number of amides is 1. The Kier molecular flexibility index (Phi) is 7.57. The molecule has 7 heteroatoms. The lowest BCUT2D eigenvalue weighted by Crippen LogP contribution is -2.56. The zero-order chi connectivity index (χ0) is 16.3. The maximum absolute atomic E-state index is 12.2. The van der Waals surface area contributed by atoms with Gasteiger partial charge in [0.25, 0.3) is 0 Å². The number of ether oxygens (including phenoxy) is 1. The zero-order valence-corrected chi connectivity index (χ0v) is 17.3.